The zero-order valence-electron chi connectivity index (χ0n) is 14.9. The van der Waals surface area contributed by atoms with Gasteiger partial charge < -0.3 is 29.9 Å². The lowest BCUT2D eigenvalue weighted by molar-refractivity contribution is 0.0684. The number of carboxylic acids is 2. The van der Waals surface area contributed by atoms with Gasteiger partial charge in [0.05, 0.1) is 25.3 Å². The van der Waals surface area contributed by atoms with Gasteiger partial charge >= 0.3 is 11.9 Å². The molecule has 0 fully saturated rings. The number of hydrogen-bond donors (Lipinski definition) is 4. The molecule has 0 amide bonds. The topological polar surface area (TPSA) is 134 Å². The zero-order valence-corrected chi connectivity index (χ0v) is 14.9. The van der Waals surface area contributed by atoms with Crippen molar-refractivity contribution in [2.24, 2.45) is 0 Å². The molecule has 8 nitrogen and oxygen atoms in total. The Balaban J connectivity index is 2.35. The Morgan fingerprint density at radius 3 is 1.44 bits per heavy atom. The zero-order chi connectivity index (χ0) is 20.1. The standard InChI is InChI=1S/C19H20O8/c1-26-16-10(12(18(22)23)6-8-14(16)20)4-3-5-11-13(19(24)25)7-9-15(21)17(11)27-2/h6-9,20-21H,3-5H2,1-2H3,(H,22,23)(H,24,25). The molecule has 144 valence electrons. The highest BCUT2D eigenvalue weighted by Gasteiger charge is 2.21. The van der Waals surface area contributed by atoms with E-state index in [-0.39, 0.29) is 47.0 Å². The Bertz CT molecular complexity index is 801. The summed E-state index contributed by atoms with van der Waals surface area (Å²) in [4.78, 5) is 22.9. The van der Waals surface area contributed by atoms with E-state index in [1.165, 1.54) is 38.5 Å². The maximum absolute atomic E-state index is 11.5. The van der Waals surface area contributed by atoms with E-state index < -0.39 is 11.9 Å². The normalized spacial score (nSPS) is 10.4. The van der Waals surface area contributed by atoms with Gasteiger partial charge in [-0.15, -0.1) is 0 Å². The summed E-state index contributed by atoms with van der Waals surface area (Å²) in [6, 6.07) is 5.05. The van der Waals surface area contributed by atoms with Crippen LogP contribution in [0.2, 0.25) is 0 Å². The van der Waals surface area contributed by atoms with Gasteiger partial charge in [-0.3, -0.25) is 0 Å². The number of phenolic OH excluding ortho intramolecular Hbond substituents is 2. The summed E-state index contributed by atoms with van der Waals surface area (Å²) in [6.07, 6.45) is 0.744. The van der Waals surface area contributed by atoms with E-state index in [0.29, 0.717) is 17.5 Å². The predicted octanol–water partition coefficient (Wildman–Crippen LogP) is 2.69. The molecule has 0 bridgehead atoms. The Morgan fingerprint density at radius 2 is 1.15 bits per heavy atom. The summed E-state index contributed by atoms with van der Waals surface area (Å²) in [5.74, 6) is -2.56. The van der Waals surface area contributed by atoms with E-state index >= 15 is 0 Å². The third kappa shape index (κ3) is 4.05. The first-order valence-electron chi connectivity index (χ1n) is 8.06. The molecule has 0 aliphatic carbocycles. The van der Waals surface area contributed by atoms with Gasteiger partial charge in [0.1, 0.15) is 0 Å². The third-order valence-electron chi connectivity index (χ3n) is 4.20. The minimum atomic E-state index is -1.16. The van der Waals surface area contributed by atoms with Gasteiger partial charge in [-0.2, -0.15) is 0 Å². The van der Waals surface area contributed by atoms with E-state index in [4.69, 9.17) is 9.47 Å². The Labute approximate surface area is 155 Å². The smallest absolute Gasteiger partial charge is 0.336 e. The minimum Gasteiger partial charge on any atom is -0.504 e. The maximum atomic E-state index is 11.5. The molecule has 2 aromatic carbocycles. The molecule has 27 heavy (non-hydrogen) atoms. The minimum absolute atomic E-state index is 0.00835. The van der Waals surface area contributed by atoms with Crippen LogP contribution in [0.1, 0.15) is 38.3 Å². The van der Waals surface area contributed by atoms with Gasteiger partial charge in [0.2, 0.25) is 0 Å². The third-order valence-corrected chi connectivity index (χ3v) is 4.20. The van der Waals surface area contributed by atoms with Gasteiger partial charge in [0.15, 0.2) is 23.0 Å². The highest BCUT2D eigenvalue weighted by atomic mass is 16.5. The lowest BCUT2D eigenvalue weighted by Crippen LogP contribution is -2.08. The van der Waals surface area contributed by atoms with Crippen molar-refractivity contribution in [1.82, 2.24) is 0 Å². The molecule has 2 aromatic rings. The van der Waals surface area contributed by atoms with E-state index in [0.717, 1.165) is 0 Å². The number of hydrogen-bond acceptors (Lipinski definition) is 6. The number of aromatic hydroxyl groups is 2. The fourth-order valence-corrected chi connectivity index (χ4v) is 3.03. The molecule has 0 aromatic heterocycles. The van der Waals surface area contributed by atoms with Crippen molar-refractivity contribution in [3.05, 3.63) is 46.5 Å². The highest BCUT2D eigenvalue weighted by Crippen LogP contribution is 2.36. The van der Waals surface area contributed by atoms with Crippen LogP contribution in [0.3, 0.4) is 0 Å². The molecular formula is C19H20O8. The quantitative estimate of drug-likeness (QED) is 0.552. The molecule has 0 unspecified atom stereocenters. The number of rotatable bonds is 8. The Morgan fingerprint density at radius 1 is 0.778 bits per heavy atom. The maximum Gasteiger partial charge on any atom is 0.336 e. The fourth-order valence-electron chi connectivity index (χ4n) is 3.03. The largest absolute Gasteiger partial charge is 0.504 e. The summed E-state index contributed by atoms with van der Waals surface area (Å²) >= 11 is 0. The molecule has 8 heteroatoms. The van der Waals surface area contributed by atoms with Crippen LogP contribution in [0.25, 0.3) is 0 Å². The number of benzene rings is 2. The molecule has 0 spiro atoms. The lowest BCUT2D eigenvalue weighted by Gasteiger charge is -2.15. The van der Waals surface area contributed by atoms with Crippen LogP contribution in [0.4, 0.5) is 0 Å². The molecule has 2 rings (SSSR count). The van der Waals surface area contributed by atoms with Gasteiger partial charge in [-0.1, -0.05) is 0 Å². The number of aromatic carboxylic acids is 2. The van der Waals surface area contributed by atoms with Crippen molar-refractivity contribution in [3.63, 3.8) is 0 Å². The molecular weight excluding hydrogens is 356 g/mol. The van der Waals surface area contributed by atoms with E-state index in [1.54, 1.807) is 0 Å². The summed E-state index contributed by atoms with van der Waals surface area (Å²) in [7, 11) is 2.65. The van der Waals surface area contributed by atoms with Crippen LogP contribution in [0.5, 0.6) is 23.0 Å². The highest BCUT2D eigenvalue weighted by molar-refractivity contribution is 5.91. The van der Waals surface area contributed by atoms with Crippen LogP contribution in [-0.4, -0.2) is 46.6 Å². The first kappa shape index (κ1) is 19.9. The second kappa shape index (κ2) is 8.31. The van der Waals surface area contributed by atoms with Crippen molar-refractivity contribution < 1.29 is 39.5 Å². The van der Waals surface area contributed by atoms with Crippen LogP contribution in [0.15, 0.2) is 24.3 Å². The van der Waals surface area contributed by atoms with Crippen molar-refractivity contribution in [3.8, 4) is 23.0 Å². The average molecular weight is 376 g/mol. The number of methoxy groups -OCH3 is 2. The predicted molar refractivity (Wildman–Crippen MR) is 95.3 cm³/mol. The number of phenols is 2. The van der Waals surface area contributed by atoms with Crippen LogP contribution >= 0.6 is 0 Å². The van der Waals surface area contributed by atoms with Gasteiger partial charge in [-0.05, 0) is 43.5 Å². The average Bonchev–Trinajstić information content (AvgIpc) is 2.61. The molecule has 0 atom stereocenters. The van der Waals surface area contributed by atoms with Gasteiger partial charge in [-0.25, -0.2) is 9.59 Å². The van der Waals surface area contributed by atoms with Crippen molar-refractivity contribution >= 4 is 11.9 Å². The van der Waals surface area contributed by atoms with E-state index in [2.05, 4.69) is 0 Å². The van der Waals surface area contributed by atoms with E-state index in [1.807, 2.05) is 0 Å². The summed E-state index contributed by atoms with van der Waals surface area (Å²) in [6.45, 7) is 0. The van der Waals surface area contributed by atoms with E-state index in [9.17, 15) is 30.0 Å². The monoisotopic (exact) mass is 376 g/mol. The van der Waals surface area contributed by atoms with Crippen LogP contribution in [0, 0.1) is 0 Å². The number of ether oxygens (including phenoxy) is 2. The SMILES string of the molecule is COc1c(O)ccc(C(=O)O)c1CCCc1c(C(=O)O)ccc(O)c1OC. The second-order valence-corrected chi connectivity index (χ2v) is 5.75. The second-order valence-electron chi connectivity index (χ2n) is 5.75. The molecule has 4 N–H and O–H groups in total. The van der Waals surface area contributed by atoms with Crippen LogP contribution < -0.4 is 9.47 Å². The lowest BCUT2D eigenvalue weighted by atomic mass is 9.95. The van der Waals surface area contributed by atoms with Crippen molar-refractivity contribution in [2.75, 3.05) is 14.2 Å². The fraction of sp³-hybridized carbons (Fsp3) is 0.263. The first-order chi connectivity index (χ1) is 12.8. The number of carbonyl (C=O) groups is 2. The number of carboxylic acid groups (broad SMARTS) is 2. The molecule has 0 saturated carbocycles. The molecule has 0 aliphatic rings. The van der Waals surface area contributed by atoms with Crippen LogP contribution in [-0.2, 0) is 12.8 Å². The molecule has 0 aliphatic heterocycles. The van der Waals surface area contributed by atoms with Crippen molar-refractivity contribution in [1.29, 1.82) is 0 Å². The molecule has 0 heterocycles. The first-order valence-corrected chi connectivity index (χ1v) is 8.06. The molecule has 0 saturated heterocycles. The van der Waals surface area contributed by atoms with Crippen molar-refractivity contribution in [2.45, 2.75) is 19.3 Å². The summed E-state index contributed by atoms with van der Waals surface area (Å²) < 4.78 is 10.2. The van der Waals surface area contributed by atoms with Gasteiger partial charge in [0, 0.05) is 11.1 Å². The summed E-state index contributed by atoms with van der Waals surface area (Å²) in [5, 5.41) is 38.5. The van der Waals surface area contributed by atoms with Gasteiger partial charge in [0.25, 0.3) is 0 Å². The Kier molecular flexibility index (Phi) is 6.12. The summed E-state index contributed by atoms with van der Waals surface area (Å²) in [5.41, 5.74) is 0.596. The molecule has 0 radical (unpaired) electrons. The Hall–Kier alpha value is -3.42.